The first kappa shape index (κ1) is 28.0. The molecule has 1 aromatic rings. The van der Waals surface area contributed by atoms with Gasteiger partial charge in [0.1, 0.15) is 24.2 Å². The molecule has 38 heavy (non-hydrogen) atoms. The van der Waals surface area contributed by atoms with E-state index in [0.29, 0.717) is 25.7 Å². The van der Waals surface area contributed by atoms with Crippen LogP contribution in [0.3, 0.4) is 0 Å². The molecular weight excluding hydrogens is 484 g/mol. The van der Waals surface area contributed by atoms with Crippen molar-refractivity contribution in [2.75, 3.05) is 24.7 Å². The third-order valence-electron chi connectivity index (χ3n) is 8.76. The standard InChI is InChI=1S/C30H40N2O6/c1-7-15-31(22-17-19(5)11-12-20(22)6)27(35)25-30-14-13-29(10-4,38-30)24(28(36)37-16-8-2)23(30)26(34)32(25)21(9-3)18-33/h7-8,11-12,17,21,23-25,33H,1-2,9-10,13-16,18H2,3-6H3/t21-,23-,24+,25?,29-,30?/m0/s1. The first-order valence-corrected chi connectivity index (χ1v) is 13.6. The van der Waals surface area contributed by atoms with Crippen molar-refractivity contribution in [1.29, 1.82) is 0 Å². The maximum absolute atomic E-state index is 14.7. The van der Waals surface area contributed by atoms with Gasteiger partial charge in [-0.1, -0.05) is 44.7 Å². The van der Waals surface area contributed by atoms with Crippen molar-refractivity contribution in [1.82, 2.24) is 4.90 Å². The van der Waals surface area contributed by atoms with E-state index in [1.807, 2.05) is 45.9 Å². The number of hydrogen-bond donors (Lipinski definition) is 1. The maximum atomic E-state index is 14.7. The molecular formula is C30H40N2O6. The molecule has 1 aromatic carbocycles. The number of amides is 2. The summed E-state index contributed by atoms with van der Waals surface area (Å²) in [4.78, 5) is 45.5. The number of aliphatic hydroxyl groups is 1. The van der Waals surface area contributed by atoms with Crippen LogP contribution in [0, 0.1) is 25.7 Å². The van der Waals surface area contributed by atoms with Crippen LogP contribution in [0.25, 0.3) is 0 Å². The quantitative estimate of drug-likeness (QED) is 0.352. The molecule has 3 saturated heterocycles. The van der Waals surface area contributed by atoms with E-state index < -0.39 is 41.1 Å². The van der Waals surface area contributed by atoms with E-state index in [9.17, 15) is 19.5 Å². The van der Waals surface area contributed by atoms with Crippen LogP contribution in [-0.4, -0.2) is 70.8 Å². The normalized spacial score (nSPS) is 30.2. The van der Waals surface area contributed by atoms with Crippen LogP contribution in [-0.2, 0) is 23.9 Å². The number of nitrogens with zero attached hydrogens (tertiary/aromatic N) is 2. The lowest BCUT2D eigenvalue weighted by atomic mass is 9.65. The monoisotopic (exact) mass is 524 g/mol. The molecule has 206 valence electrons. The van der Waals surface area contributed by atoms with E-state index in [1.165, 1.54) is 11.0 Å². The van der Waals surface area contributed by atoms with Crippen LogP contribution in [0.5, 0.6) is 0 Å². The minimum Gasteiger partial charge on any atom is -0.461 e. The summed E-state index contributed by atoms with van der Waals surface area (Å²) in [5, 5.41) is 10.3. The minimum absolute atomic E-state index is 0.0308. The number of aryl methyl sites for hydroxylation is 2. The summed E-state index contributed by atoms with van der Waals surface area (Å²) >= 11 is 0. The molecule has 0 aromatic heterocycles. The number of benzene rings is 1. The molecule has 3 heterocycles. The van der Waals surface area contributed by atoms with Crippen LogP contribution in [0.2, 0.25) is 0 Å². The molecule has 8 heteroatoms. The number of rotatable bonds is 11. The predicted octanol–water partition coefficient (Wildman–Crippen LogP) is 3.48. The lowest BCUT2D eigenvalue weighted by molar-refractivity contribution is -0.161. The Morgan fingerprint density at radius 3 is 2.61 bits per heavy atom. The number of carbonyl (C=O) groups excluding carboxylic acids is 3. The van der Waals surface area contributed by atoms with Gasteiger partial charge in [-0.2, -0.15) is 0 Å². The smallest absolute Gasteiger partial charge is 0.313 e. The highest BCUT2D eigenvalue weighted by atomic mass is 16.6. The number of esters is 1. The number of ether oxygens (including phenoxy) is 2. The molecule has 3 aliphatic heterocycles. The summed E-state index contributed by atoms with van der Waals surface area (Å²) in [5.41, 5.74) is 0.572. The fourth-order valence-electron chi connectivity index (χ4n) is 6.93. The summed E-state index contributed by atoms with van der Waals surface area (Å²) in [6, 6.07) is 4.31. The first-order chi connectivity index (χ1) is 18.2. The SMILES string of the molecule is C=CCOC(=O)[C@H]1[C@H]2C(=O)N([C@@H](CC)CO)C(C(=O)N(CC=C)c3cc(C)ccc3C)C23CC[C@]1(CC)O3. The molecule has 1 spiro atoms. The van der Waals surface area contributed by atoms with Gasteiger partial charge in [-0.3, -0.25) is 14.4 Å². The van der Waals surface area contributed by atoms with Crippen LogP contribution in [0.1, 0.15) is 50.7 Å². The zero-order chi connectivity index (χ0) is 27.8. The van der Waals surface area contributed by atoms with Gasteiger partial charge in [0.05, 0.1) is 24.2 Å². The summed E-state index contributed by atoms with van der Waals surface area (Å²) in [6.07, 6.45) is 5.12. The van der Waals surface area contributed by atoms with Crippen LogP contribution >= 0.6 is 0 Å². The van der Waals surface area contributed by atoms with Gasteiger partial charge in [0.15, 0.2) is 0 Å². The zero-order valence-corrected chi connectivity index (χ0v) is 22.9. The zero-order valence-electron chi connectivity index (χ0n) is 22.9. The molecule has 0 saturated carbocycles. The highest BCUT2D eigenvalue weighted by Gasteiger charge is 2.79. The number of aliphatic hydroxyl groups excluding tert-OH is 1. The van der Waals surface area contributed by atoms with Gasteiger partial charge in [-0.25, -0.2) is 0 Å². The third kappa shape index (κ3) is 4.09. The Balaban J connectivity index is 1.87. The lowest BCUT2D eigenvalue weighted by Gasteiger charge is -2.39. The van der Waals surface area contributed by atoms with Gasteiger partial charge in [-0.15, -0.1) is 6.58 Å². The van der Waals surface area contributed by atoms with Crippen molar-refractivity contribution in [2.45, 2.75) is 76.7 Å². The molecule has 6 atom stereocenters. The van der Waals surface area contributed by atoms with Gasteiger partial charge in [0, 0.05) is 12.2 Å². The van der Waals surface area contributed by atoms with E-state index >= 15 is 0 Å². The van der Waals surface area contributed by atoms with E-state index in [0.717, 1.165) is 16.8 Å². The summed E-state index contributed by atoms with van der Waals surface area (Å²) in [6.45, 7) is 15.2. The van der Waals surface area contributed by atoms with Crippen LogP contribution in [0.15, 0.2) is 43.5 Å². The van der Waals surface area contributed by atoms with Gasteiger partial charge >= 0.3 is 5.97 Å². The molecule has 3 aliphatic rings. The van der Waals surface area contributed by atoms with E-state index in [-0.39, 0.29) is 31.6 Å². The first-order valence-electron chi connectivity index (χ1n) is 13.6. The lowest BCUT2D eigenvalue weighted by Crippen LogP contribution is -2.59. The van der Waals surface area contributed by atoms with E-state index in [2.05, 4.69) is 13.2 Å². The predicted molar refractivity (Wildman–Crippen MR) is 144 cm³/mol. The van der Waals surface area contributed by atoms with Crippen molar-refractivity contribution in [3.8, 4) is 0 Å². The van der Waals surface area contributed by atoms with Crippen molar-refractivity contribution < 1.29 is 29.0 Å². The Kier molecular flexibility index (Phi) is 7.86. The van der Waals surface area contributed by atoms with Crippen LogP contribution < -0.4 is 4.90 Å². The fraction of sp³-hybridized carbons (Fsp3) is 0.567. The van der Waals surface area contributed by atoms with Crippen molar-refractivity contribution >= 4 is 23.5 Å². The van der Waals surface area contributed by atoms with Gasteiger partial charge in [0.25, 0.3) is 5.91 Å². The molecule has 0 radical (unpaired) electrons. The molecule has 3 fully saturated rings. The highest BCUT2D eigenvalue weighted by molar-refractivity contribution is 6.05. The Labute approximate surface area is 225 Å². The maximum Gasteiger partial charge on any atom is 0.313 e. The van der Waals surface area contributed by atoms with Gasteiger partial charge in [-0.05, 0) is 56.7 Å². The Hall–Kier alpha value is -2.97. The molecule has 1 N–H and O–H groups in total. The number of anilines is 1. The second-order valence-electron chi connectivity index (χ2n) is 10.8. The molecule has 2 bridgehead atoms. The topological polar surface area (TPSA) is 96.4 Å². The Morgan fingerprint density at radius 1 is 1.26 bits per heavy atom. The number of likely N-dealkylation sites (tertiary alicyclic amines) is 1. The highest BCUT2D eigenvalue weighted by Crippen LogP contribution is 2.65. The summed E-state index contributed by atoms with van der Waals surface area (Å²) in [7, 11) is 0. The third-order valence-corrected chi connectivity index (χ3v) is 8.76. The summed E-state index contributed by atoms with van der Waals surface area (Å²) < 4.78 is 12.3. The largest absolute Gasteiger partial charge is 0.461 e. The van der Waals surface area contributed by atoms with E-state index in [4.69, 9.17) is 9.47 Å². The van der Waals surface area contributed by atoms with Crippen molar-refractivity contribution in [3.05, 3.63) is 54.6 Å². The van der Waals surface area contributed by atoms with Crippen molar-refractivity contribution in [2.24, 2.45) is 11.8 Å². The molecule has 2 amide bonds. The molecule has 2 unspecified atom stereocenters. The number of carbonyl (C=O) groups is 3. The van der Waals surface area contributed by atoms with E-state index in [1.54, 1.807) is 11.0 Å². The van der Waals surface area contributed by atoms with Crippen molar-refractivity contribution in [3.63, 3.8) is 0 Å². The number of hydrogen-bond acceptors (Lipinski definition) is 6. The Morgan fingerprint density at radius 2 is 2.00 bits per heavy atom. The Bertz CT molecular complexity index is 1130. The van der Waals surface area contributed by atoms with Crippen LogP contribution in [0.4, 0.5) is 5.69 Å². The van der Waals surface area contributed by atoms with Gasteiger partial charge in [0.2, 0.25) is 5.91 Å². The number of fused-ring (bicyclic) bond motifs is 1. The second kappa shape index (κ2) is 10.7. The molecule has 0 aliphatic carbocycles. The molecule has 8 nitrogen and oxygen atoms in total. The molecule has 4 rings (SSSR count). The van der Waals surface area contributed by atoms with Gasteiger partial charge < -0.3 is 24.4 Å². The average molecular weight is 525 g/mol. The second-order valence-corrected chi connectivity index (χ2v) is 10.8. The average Bonchev–Trinajstić information content (AvgIpc) is 3.52. The summed E-state index contributed by atoms with van der Waals surface area (Å²) in [5.74, 6) is -2.84. The minimum atomic E-state index is -1.19. The fourth-order valence-corrected chi connectivity index (χ4v) is 6.93.